The fraction of sp³-hybridized carbons (Fsp3) is 0.500. The first-order chi connectivity index (χ1) is 10.5. The van der Waals surface area contributed by atoms with Crippen molar-refractivity contribution in [1.29, 1.82) is 0 Å². The largest absolute Gasteiger partial charge is 0.350 e. The van der Waals surface area contributed by atoms with Gasteiger partial charge < -0.3 is 5.32 Å². The molecule has 0 spiro atoms. The molecule has 2 fully saturated rings. The van der Waals surface area contributed by atoms with Crippen LogP contribution in [0.2, 0.25) is 10.0 Å². The number of hydrogen-bond acceptors (Lipinski definition) is 1. The first-order valence-electron chi connectivity index (χ1n) is 7.96. The molecule has 0 aliphatic heterocycles. The van der Waals surface area contributed by atoms with Gasteiger partial charge >= 0.3 is 0 Å². The molecular formula is C18H21Cl2NO. The Labute approximate surface area is 141 Å². The summed E-state index contributed by atoms with van der Waals surface area (Å²) in [4.78, 5) is 12.1. The van der Waals surface area contributed by atoms with E-state index in [-0.39, 0.29) is 11.9 Å². The van der Waals surface area contributed by atoms with E-state index in [0.29, 0.717) is 16.0 Å². The second kappa shape index (κ2) is 6.64. The van der Waals surface area contributed by atoms with Gasteiger partial charge in [-0.3, -0.25) is 4.79 Å². The van der Waals surface area contributed by atoms with E-state index < -0.39 is 0 Å². The van der Waals surface area contributed by atoms with Crippen LogP contribution in [0.4, 0.5) is 0 Å². The Kier molecular flexibility index (Phi) is 4.79. The lowest BCUT2D eigenvalue weighted by Gasteiger charge is -2.28. The van der Waals surface area contributed by atoms with Gasteiger partial charge in [-0.25, -0.2) is 0 Å². The number of halogens is 2. The molecular weight excluding hydrogens is 317 g/mol. The van der Waals surface area contributed by atoms with E-state index in [1.807, 2.05) is 6.07 Å². The normalized spacial score (nSPS) is 28.2. The second-order valence-corrected chi connectivity index (χ2v) is 7.48. The van der Waals surface area contributed by atoms with Gasteiger partial charge in [0.1, 0.15) is 0 Å². The van der Waals surface area contributed by atoms with Crippen molar-refractivity contribution in [2.45, 2.75) is 38.6 Å². The number of fused-ring (bicyclic) bond motifs is 2. The predicted molar refractivity (Wildman–Crippen MR) is 92.0 cm³/mol. The Morgan fingerprint density at radius 1 is 1.32 bits per heavy atom. The van der Waals surface area contributed by atoms with Crippen LogP contribution in [0.3, 0.4) is 0 Å². The van der Waals surface area contributed by atoms with Crippen molar-refractivity contribution < 1.29 is 4.79 Å². The van der Waals surface area contributed by atoms with Crippen LogP contribution in [0, 0.1) is 17.8 Å². The molecule has 2 saturated carbocycles. The molecule has 4 atom stereocenters. The van der Waals surface area contributed by atoms with Crippen LogP contribution in [0.5, 0.6) is 0 Å². The quantitative estimate of drug-likeness (QED) is 0.774. The van der Waals surface area contributed by atoms with Gasteiger partial charge in [0.25, 0.3) is 0 Å². The van der Waals surface area contributed by atoms with Gasteiger partial charge in [0.2, 0.25) is 5.91 Å². The fourth-order valence-corrected chi connectivity index (χ4v) is 4.56. The zero-order chi connectivity index (χ0) is 15.7. The molecule has 0 unspecified atom stereocenters. The zero-order valence-corrected chi connectivity index (χ0v) is 14.2. The SMILES string of the molecule is C[C@H](NC(=O)/C=C/c1ccc(Cl)cc1Cl)[C@H]1C[C@@H]2CC[C@@H]1C2. The zero-order valence-electron chi connectivity index (χ0n) is 12.7. The molecule has 2 aliphatic carbocycles. The average Bonchev–Trinajstić information content (AvgIpc) is 3.09. The maximum absolute atomic E-state index is 12.1. The molecule has 2 aliphatic rings. The van der Waals surface area contributed by atoms with E-state index in [1.165, 1.54) is 25.7 Å². The van der Waals surface area contributed by atoms with Crippen molar-refractivity contribution in [1.82, 2.24) is 5.32 Å². The summed E-state index contributed by atoms with van der Waals surface area (Å²) in [7, 11) is 0. The van der Waals surface area contributed by atoms with E-state index in [4.69, 9.17) is 23.2 Å². The lowest BCUT2D eigenvalue weighted by atomic mass is 9.84. The summed E-state index contributed by atoms with van der Waals surface area (Å²) in [6.07, 6.45) is 8.66. The Morgan fingerprint density at radius 2 is 2.14 bits per heavy atom. The molecule has 1 amide bonds. The number of amides is 1. The monoisotopic (exact) mass is 337 g/mol. The van der Waals surface area contributed by atoms with Gasteiger partial charge in [-0.05, 0) is 67.7 Å². The minimum Gasteiger partial charge on any atom is -0.350 e. The number of hydrogen-bond donors (Lipinski definition) is 1. The maximum atomic E-state index is 12.1. The Balaban J connectivity index is 1.56. The van der Waals surface area contributed by atoms with Crippen molar-refractivity contribution in [3.8, 4) is 0 Å². The van der Waals surface area contributed by atoms with E-state index in [2.05, 4.69) is 12.2 Å². The average molecular weight is 338 g/mol. The van der Waals surface area contributed by atoms with Gasteiger partial charge in [0.15, 0.2) is 0 Å². The summed E-state index contributed by atoms with van der Waals surface area (Å²) in [6, 6.07) is 5.50. The predicted octanol–water partition coefficient (Wildman–Crippen LogP) is 4.95. The smallest absolute Gasteiger partial charge is 0.244 e. The van der Waals surface area contributed by atoms with Crippen LogP contribution in [-0.2, 0) is 4.79 Å². The summed E-state index contributed by atoms with van der Waals surface area (Å²) in [5.74, 6) is 2.31. The number of nitrogens with one attached hydrogen (secondary N) is 1. The van der Waals surface area contributed by atoms with Crippen molar-refractivity contribution in [2.75, 3.05) is 0 Å². The first-order valence-corrected chi connectivity index (χ1v) is 8.72. The molecule has 1 aromatic rings. The number of rotatable bonds is 4. The van der Waals surface area contributed by atoms with Crippen LogP contribution >= 0.6 is 23.2 Å². The number of benzene rings is 1. The highest BCUT2D eigenvalue weighted by atomic mass is 35.5. The van der Waals surface area contributed by atoms with Crippen LogP contribution in [0.25, 0.3) is 6.08 Å². The minimum absolute atomic E-state index is 0.0544. The Hall–Kier alpha value is -0.990. The lowest BCUT2D eigenvalue weighted by Crippen LogP contribution is -2.39. The number of carbonyl (C=O) groups excluding carboxylic acids is 1. The molecule has 22 heavy (non-hydrogen) atoms. The molecule has 118 valence electrons. The molecule has 2 nitrogen and oxygen atoms in total. The highest BCUT2D eigenvalue weighted by Crippen LogP contribution is 2.49. The van der Waals surface area contributed by atoms with Crippen molar-refractivity contribution >= 4 is 35.2 Å². The first kappa shape index (κ1) is 15.9. The summed E-state index contributed by atoms with van der Waals surface area (Å²) >= 11 is 12.0. The number of carbonyl (C=O) groups is 1. The van der Waals surface area contributed by atoms with Crippen molar-refractivity contribution in [3.63, 3.8) is 0 Å². The molecule has 2 bridgehead atoms. The van der Waals surface area contributed by atoms with Gasteiger partial charge in [-0.2, -0.15) is 0 Å². The van der Waals surface area contributed by atoms with Crippen LogP contribution in [0.15, 0.2) is 24.3 Å². The van der Waals surface area contributed by atoms with E-state index in [9.17, 15) is 4.79 Å². The van der Waals surface area contributed by atoms with Crippen LogP contribution in [0.1, 0.15) is 38.2 Å². The summed E-state index contributed by atoms with van der Waals surface area (Å²) in [5.41, 5.74) is 0.800. The van der Waals surface area contributed by atoms with Gasteiger partial charge in [0.05, 0.1) is 0 Å². The maximum Gasteiger partial charge on any atom is 0.244 e. The van der Waals surface area contributed by atoms with E-state index in [0.717, 1.165) is 17.4 Å². The molecule has 0 aromatic heterocycles. The summed E-state index contributed by atoms with van der Waals surface area (Å²) in [5, 5.41) is 4.26. The second-order valence-electron chi connectivity index (χ2n) is 6.64. The topological polar surface area (TPSA) is 29.1 Å². The molecule has 1 N–H and O–H groups in total. The van der Waals surface area contributed by atoms with Gasteiger partial charge in [-0.15, -0.1) is 0 Å². The van der Waals surface area contributed by atoms with Crippen LogP contribution < -0.4 is 5.32 Å². The minimum atomic E-state index is -0.0544. The lowest BCUT2D eigenvalue weighted by molar-refractivity contribution is -0.117. The standard InChI is InChI=1S/C18H21Cl2NO/c1-11(16-9-12-2-3-14(16)8-12)21-18(22)7-5-13-4-6-15(19)10-17(13)20/h4-7,10-12,14,16H,2-3,8-9H2,1H3,(H,21,22)/b7-5+/t11-,12+,14+,16+/m0/s1. The Bertz CT molecular complexity index is 599. The Morgan fingerprint density at radius 3 is 2.77 bits per heavy atom. The summed E-state index contributed by atoms with van der Waals surface area (Å²) < 4.78 is 0. The molecule has 3 rings (SSSR count). The fourth-order valence-electron chi connectivity index (χ4n) is 4.09. The summed E-state index contributed by atoms with van der Waals surface area (Å²) in [6.45, 7) is 2.13. The third-order valence-electron chi connectivity index (χ3n) is 5.18. The molecule has 4 heteroatoms. The van der Waals surface area contributed by atoms with E-state index >= 15 is 0 Å². The highest BCUT2D eigenvalue weighted by Gasteiger charge is 2.41. The third kappa shape index (κ3) is 3.49. The molecule has 0 heterocycles. The van der Waals surface area contributed by atoms with Crippen molar-refractivity contribution in [3.05, 3.63) is 39.9 Å². The highest BCUT2D eigenvalue weighted by molar-refractivity contribution is 6.35. The van der Waals surface area contributed by atoms with Gasteiger partial charge in [-0.1, -0.05) is 35.7 Å². The van der Waals surface area contributed by atoms with Gasteiger partial charge in [0, 0.05) is 22.2 Å². The van der Waals surface area contributed by atoms with E-state index in [1.54, 1.807) is 24.3 Å². The molecule has 0 saturated heterocycles. The van der Waals surface area contributed by atoms with Crippen molar-refractivity contribution in [2.24, 2.45) is 17.8 Å². The third-order valence-corrected chi connectivity index (χ3v) is 5.74. The molecule has 1 aromatic carbocycles. The molecule has 0 radical (unpaired) electrons. The van der Waals surface area contributed by atoms with Crippen LogP contribution in [-0.4, -0.2) is 11.9 Å².